The van der Waals surface area contributed by atoms with Gasteiger partial charge in [0.05, 0.1) is 17.3 Å². The second-order valence-electron chi connectivity index (χ2n) is 6.51. The van der Waals surface area contributed by atoms with Gasteiger partial charge >= 0.3 is 0 Å². The third-order valence-electron chi connectivity index (χ3n) is 4.74. The molecule has 3 heterocycles. The lowest BCUT2D eigenvalue weighted by Crippen LogP contribution is -2.41. The van der Waals surface area contributed by atoms with E-state index in [0.29, 0.717) is 12.0 Å². The monoisotopic (exact) mass is 307 g/mol. The molecular formula is C18H21N5. The molecule has 0 bridgehead atoms. The molecule has 0 spiro atoms. The molecule has 0 N–H and O–H groups in total. The third kappa shape index (κ3) is 2.46. The summed E-state index contributed by atoms with van der Waals surface area (Å²) in [6, 6.07) is 10.6. The summed E-state index contributed by atoms with van der Waals surface area (Å²) in [4.78, 5) is 11.5. The number of para-hydroxylation sites is 1. The van der Waals surface area contributed by atoms with Gasteiger partial charge < -0.3 is 4.90 Å². The van der Waals surface area contributed by atoms with Crippen LogP contribution in [0.3, 0.4) is 0 Å². The van der Waals surface area contributed by atoms with E-state index in [1.165, 1.54) is 12.8 Å². The van der Waals surface area contributed by atoms with Crippen molar-refractivity contribution < 1.29 is 0 Å². The van der Waals surface area contributed by atoms with Crippen LogP contribution in [-0.4, -0.2) is 32.3 Å². The predicted octanol–water partition coefficient (Wildman–Crippen LogP) is 3.44. The molecule has 1 fully saturated rings. The SMILES string of the molecule is CC1CCC(C)N(c2ncnc3c2cnn3-c2ccccc2)C1. The van der Waals surface area contributed by atoms with Crippen molar-refractivity contribution in [2.45, 2.75) is 32.7 Å². The molecular weight excluding hydrogens is 286 g/mol. The first-order valence-electron chi connectivity index (χ1n) is 8.25. The maximum atomic E-state index is 4.58. The highest BCUT2D eigenvalue weighted by atomic mass is 15.3. The smallest absolute Gasteiger partial charge is 0.168 e. The lowest BCUT2D eigenvalue weighted by Gasteiger charge is -2.37. The molecule has 23 heavy (non-hydrogen) atoms. The van der Waals surface area contributed by atoms with Crippen LogP contribution in [0.2, 0.25) is 0 Å². The first-order valence-corrected chi connectivity index (χ1v) is 8.25. The maximum Gasteiger partial charge on any atom is 0.168 e. The fourth-order valence-electron chi connectivity index (χ4n) is 3.40. The number of rotatable bonds is 2. The van der Waals surface area contributed by atoms with Gasteiger partial charge in [0, 0.05) is 12.6 Å². The summed E-state index contributed by atoms with van der Waals surface area (Å²) >= 11 is 0. The number of fused-ring (bicyclic) bond motifs is 1. The summed E-state index contributed by atoms with van der Waals surface area (Å²) in [5.74, 6) is 1.71. The zero-order valence-electron chi connectivity index (χ0n) is 13.6. The van der Waals surface area contributed by atoms with Gasteiger partial charge in [0.2, 0.25) is 0 Å². The van der Waals surface area contributed by atoms with Gasteiger partial charge in [0.1, 0.15) is 12.1 Å². The Morgan fingerprint density at radius 2 is 1.87 bits per heavy atom. The molecule has 0 saturated carbocycles. The number of aromatic nitrogens is 4. The Kier molecular flexibility index (Phi) is 3.48. The predicted molar refractivity (Wildman–Crippen MR) is 91.9 cm³/mol. The summed E-state index contributed by atoms with van der Waals surface area (Å²) in [7, 11) is 0. The van der Waals surface area contributed by atoms with Crippen LogP contribution in [-0.2, 0) is 0 Å². The van der Waals surface area contributed by atoms with Gasteiger partial charge in [-0.05, 0) is 37.8 Å². The quantitative estimate of drug-likeness (QED) is 0.727. The Bertz CT molecular complexity index is 811. The van der Waals surface area contributed by atoms with E-state index in [2.05, 4.69) is 33.8 Å². The molecule has 2 unspecified atom stereocenters. The van der Waals surface area contributed by atoms with Gasteiger partial charge in [-0.15, -0.1) is 0 Å². The van der Waals surface area contributed by atoms with Gasteiger partial charge in [-0.25, -0.2) is 14.6 Å². The lowest BCUT2D eigenvalue weighted by molar-refractivity contribution is 0.389. The van der Waals surface area contributed by atoms with Gasteiger partial charge in [-0.1, -0.05) is 25.1 Å². The molecule has 3 aromatic rings. The lowest BCUT2D eigenvalue weighted by atomic mass is 9.95. The van der Waals surface area contributed by atoms with Crippen LogP contribution in [0.1, 0.15) is 26.7 Å². The van der Waals surface area contributed by atoms with Crippen LogP contribution in [0.4, 0.5) is 5.82 Å². The average molecular weight is 307 g/mol. The molecule has 1 aliphatic rings. The molecule has 118 valence electrons. The van der Waals surface area contributed by atoms with Gasteiger partial charge in [0.25, 0.3) is 0 Å². The highest BCUT2D eigenvalue weighted by Crippen LogP contribution is 2.31. The van der Waals surface area contributed by atoms with Gasteiger partial charge in [-0.3, -0.25) is 0 Å². The van der Waals surface area contributed by atoms with Crippen molar-refractivity contribution in [3.63, 3.8) is 0 Å². The van der Waals surface area contributed by atoms with Crippen molar-refractivity contribution in [3.05, 3.63) is 42.9 Å². The summed E-state index contributed by atoms with van der Waals surface area (Å²) in [5, 5.41) is 5.58. The summed E-state index contributed by atoms with van der Waals surface area (Å²) in [6.45, 7) is 5.63. The van der Waals surface area contributed by atoms with Crippen molar-refractivity contribution in [2.75, 3.05) is 11.4 Å². The molecule has 5 nitrogen and oxygen atoms in total. The van der Waals surface area contributed by atoms with Crippen molar-refractivity contribution in [1.82, 2.24) is 19.7 Å². The summed E-state index contributed by atoms with van der Waals surface area (Å²) in [5.41, 5.74) is 1.89. The Labute approximate surface area is 136 Å². The maximum absolute atomic E-state index is 4.58. The number of hydrogen-bond donors (Lipinski definition) is 0. The van der Waals surface area contributed by atoms with Crippen LogP contribution >= 0.6 is 0 Å². The Balaban J connectivity index is 1.82. The number of benzene rings is 1. The minimum atomic E-state index is 0.504. The molecule has 4 rings (SSSR count). The fourth-order valence-corrected chi connectivity index (χ4v) is 3.40. The van der Waals surface area contributed by atoms with Gasteiger partial charge in [0.15, 0.2) is 5.65 Å². The first kappa shape index (κ1) is 14.2. The minimum Gasteiger partial charge on any atom is -0.353 e. The minimum absolute atomic E-state index is 0.504. The van der Waals surface area contributed by atoms with Crippen molar-refractivity contribution in [1.29, 1.82) is 0 Å². The first-order chi connectivity index (χ1) is 11.2. The standard InChI is InChI=1S/C18H21N5/c1-13-8-9-14(2)22(11-13)17-16-10-21-23(18(16)20-12-19-17)15-6-4-3-5-7-15/h3-7,10,12-14H,8-9,11H2,1-2H3. The van der Waals surface area contributed by atoms with Crippen LogP contribution in [0.25, 0.3) is 16.7 Å². The molecule has 2 atom stereocenters. The molecule has 2 aromatic heterocycles. The second kappa shape index (κ2) is 5.65. The number of hydrogen-bond acceptors (Lipinski definition) is 4. The summed E-state index contributed by atoms with van der Waals surface area (Å²) in [6.07, 6.45) is 6.04. The highest BCUT2D eigenvalue weighted by molar-refractivity contribution is 5.87. The normalized spacial score (nSPS) is 21.7. The highest BCUT2D eigenvalue weighted by Gasteiger charge is 2.26. The van der Waals surface area contributed by atoms with E-state index in [0.717, 1.165) is 29.1 Å². The Morgan fingerprint density at radius 1 is 1.04 bits per heavy atom. The number of piperidine rings is 1. The van der Waals surface area contributed by atoms with Crippen LogP contribution in [0, 0.1) is 5.92 Å². The fraction of sp³-hybridized carbons (Fsp3) is 0.389. The topological polar surface area (TPSA) is 46.8 Å². The van der Waals surface area contributed by atoms with E-state index in [1.807, 2.05) is 41.2 Å². The van der Waals surface area contributed by atoms with Gasteiger partial charge in [-0.2, -0.15) is 5.10 Å². The average Bonchev–Trinajstić information content (AvgIpc) is 3.02. The van der Waals surface area contributed by atoms with E-state index >= 15 is 0 Å². The molecule has 5 heteroatoms. The summed E-state index contributed by atoms with van der Waals surface area (Å²) < 4.78 is 1.89. The van der Waals surface area contributed by atoms with E-state index in [4.69, 9.17) is 0 Å². The number of anilines is 1. The molecule has 0 amide bonds. The molecule has 1 saturated heterocycles. The van der Waals surface area contributed by atoms with Crippen molar-refractivity contribution >= 4 is 16.9 Å². The van der Waals surface area contributed by atoms with E-state index in [-0.39, 0.29) is 0 Å². The van der Waals surface area contributed by atoms with E-state index in [9.17, 15) is 0 Å². The van der Waals surface area contributed by atoms with Crippen LogP contribution < -0.4 is 4.90 Å². The molecule has 1 aliphatic heterocycles. The zero-order chi connectivity index (χ0) is 15.8. The zero-order valence-corrected chi connectivity index (χ0v) is 13.6. The molecule has 0 aliphatic carbocycles. The Morgan fingerprint density at radius 3 is 2.70 bits per heavy atom. The van der Waals surface area contributed by atoms with Crippen LogP contribution in [0.5, 0.6) is 0 Å². The Hall–Kier alpha value is -2.43. The van der Waals surface area contributed by atoms with Crippen LogP contribution in [0.15, 0.2) is 42.9 Å². The third-order valence-corrected chi connectivity index (χ3v) is 4.74. The van der Waals surface area contributed by atoms with Crippen molar-refractivity contribution in [2.24, 2.45) is 5.92 Å². The van der Waals surface area contributed by atoms with E-state index in [1.54, 1.807) is 6.33 Å². The van der Waals surface area contributed by atoms with Crippen molar-refractivity contribution in [3.8, 4) is 5.69 Å². The molecule has 0 radical (unpaired) electrons. The largest absolute Gasteiger partial charge is 0.353 e. The molecule has 1 aromatic carbocycles. The number of nitrogens with zero attached hydrogens (tertiary/aromatic N) is 5. The second-order valence-corrected chi connectivity index (χ2v) is 6.51. The van der Waals surface area contributed by atoms with E-state index < -0.39 is 0 Å².